The summed E-state index contributed by atoms with van der Waals surface area (Å²) >= 11 is 0. The Labute approximate surface area is 697 Å². The van der Waals surface area contributed by atoms with Crippen molar-refractivity contribution >= 4 is 88.7 Å². The molecule has 6 fully saturated rings. The minimum atomic E-state index is -4.86. The highest BCUT2D eigenvalue weighted by Gasteiger charge is 2.65. The highest BCUT2D eigenvalue weighted by atomic mass is 32.2. The summed E-state index contributed by atoms with van der Waals surface area (Å²) in [6.45, 7) is 14.8. The van der Waals surface area contributed by atoms with E-state index < -0.39 is 184 Å². The van der Waals surface area contributed by atoms with E-state index in [1.807, 2.05) is 88.4 Å². The summed E-state index contributed by atoms with van der Waals surface area (Å²) in [6, 6.07) is 9.06. The van der Waals surface area contributed by atoms with Gasteiger partial charge in [-0.3, -0.25) is 47.8 Å². The van der Waals surface area contributed by atoms with Gasteiger partial charge in [0.15, 0.2) is 11.6 Å². The molecule has 656 valence electrons. The number of hydrogen-bond donors (Lipinski definition) is 2. The van der Waals surface area contributed by atoms with Gasteiger partial charge in [-0.25, -0.2) is 26.8 Å². The number of hydrogen-bond acceptors (Lipinski definition) is 20. The lowest BCUT2D eigenvalue weighted by Gasteiger charge is -2.34. The summed E-state index contributed by atoms with van der Waals surface area (Å²) in [5.41, 5.74) is -6.26. The molecule has 6 aliphatic heterocycles. The number of sulfonamides is 2. The van der Waals surface area contributed by atoms with E-state index in [1.54, 1.807) is 26.2 Å². The molecule has 4 aromatic rings. The van der Waals surface area contributed by atoms with Crippen LogP contribution in [0.3, 0.4) is 0 Å². The number of allylic oxidation sites excluding steroid dienone is 4. The van der Waals surface area contributed by atoms with E-state index in [-0.39, 0.29) is 75.2 Å². The third-order valence-electron chi connectivity index (χ3n) is 27.3. The van der Waals surface area contributed by atoms with Crippen molar-refractivity contribution in [2.75, 3.05) is 26.3 Å². The Kier molecular flexibility index (Phi) is 25.3. The Balaban J connectivity index is 0.000000207. The highest BCUT2D eigenvalue weighted by Crippen LogP contribution is 2.60. The molecule has 2 saturated heterocycles. The topological polar surface area (TPSA) is 317 Å². The average molecular weight is 1720 g/mol. The first-order valence-corrected chi connectivity index (χ1v) is 45.4. The van der Waals surface area contributed by atoms with Crippen LogP contribution in [0.5, 0.6) is 23.3 Å². The fourth-order valence-corrected chi connectivity index (χ4v) is 21.1. The molecular weight excluding hydrogens is 1610 g/mol. The van der Waals surface area contributed by atoms with E-state index in [9.17, 15) is 71.9 Å². The number of pyridine rings is 2. The van der Waals surface area contributed by atoms with E-state index in [1.165, 1.54) is 9.80 Å². The maximum Gasteiger partial charge on any atom is 0.427 e. The van der Waals surface area contributed by atoms with E-state index in [0.29, 0.717) is 101 Å². The molecule has 2 N–H and O–H groups in total. The molecule has 14 atom stereocenters. The molecule has 14 rings (SSSR count). The van der Waals surface area contributed by atoms with Crippen LogP contribution in [0, 0.1) is 58.2 Å². The summed E-state index contributed by atoms with van der Waals surface area (Å²) < 4.78 is 174. The lowest BCUT2D eigenvalue weighted by Crippen LogP contribution is -2.49. The van der Waals surface area contributed by atoms with Crippen molar-refractivity contribution in [2.45, 2.75) is 281 Å². The summed E-state index contributed by atoms with van der Waals surface area (Å²) in [7, 11) is -8.06. The maximum atomic E-state index is 15.1. The van der Waals surface area contributed by atoms with E-state index in [4.69, 9.17) is 28.4 Å². The molecule has 4 aliphatic carbocycles. The van der Waals surface area contributed by atoms with Crippen LogP contribution in [0.2, 0.25) is 0 Å². The van der Waals surface area contributed by atoms with Gasteiger partial charge in [-0.05, 0) is 215 Å². The summed E-state index contributed by atoms with van der Waals surface area (Å²) in [6.07, 6.45) is 7.38. The number of fused-ring (bicyclic) bond motifs is 10. The summed E-state index contributed by atoms with van der Waals surface area (Å²) in [5, 5.41) is 2.94. The molecule has 4 amide bonds. The highest BCUT2D eigenvalue weighted by molar-refractivity contribution is 7.92. The fraction of sp³-hybridized carbons (Fsp3) is 0.659. The zero-order valence-corrected chi connectivity index (χ0v) is 71.5. The summed E-state index contributed by atoms with van der Waals surface area (Å²) in [4.78, 5) is 126. The number of nitrogens with zero attached hydrogens (tertiary/aromatic N) is 4. The number of rotatable bonds is 18. The second-order valence-electron chi connectivity index (χ2n) is 37.0. The van der Waals surface area contributed by atoms with Gasteiger partial charge < -0.3 is 38.2 Å². The van der Waals surface area contributed by atoms with Gasteiger partial charge in [-0.2, -0.15) is 26.3 Å². The number of ether oxygens (including phenoxy) is 6. The second-order valence-corrected chi connectivity index (χ2v) is 41.4. The number of aromatic nitrogens is 2. The molecule has 120 heavy (non-hydrogen) atoms. The van der Waals surface area contributed by atoms with Crippen LogP contribution in [-0.2, 0) is 80.7 Å². The number of benzene rings is 2. The van der Waals surface area contributed by atoms with Gasteiger partial charge in [0.2, 0.25) is 66.6 Å². The molecule has 0 unspecified atom stereocenters. The van der Waals surface area contributed by atoms with Crippen molar-refractivity contribution < 1.29 is 110 Å². The van der Waals surface area contributed by atoms with E-state index in [2.05, 4.69) is 19.4 Å². The van der Waals surface area contributed by atoms with Crippen molar-refractivity contribution in [3.05, 3.63) is 84.2 Å². The third kappa shape index (κ3) is 18.6. The number of carbonyl (C=O) groups is 8. The number of nitrogens with one attached hydrogen (secondary N) is 2. The van der Waals surface area contributed by atoms with Gasteiger partial charge in [0.05, 0.1) is 83.4 Å². The van der Waals surface area contributed by atoms with Crippen LogP contribution in [0.1, 0.15) is 222 Å². The van der Waals surface area contributed by atoms with Crippen LogP contribution in [0.15, 0.2) is 73.1 Å². The van der Waals surface area contributed by atoms with Crippen LogP contribution >= 0.6 is 0 Å². The van der Waals surface area contributed by atoms with Crippen molar-refractivity contribution in [2.24, 2.45) is 58.2 Å². The SMILES string of the molecule is CC[C@@H]1C[C@@H](C)CC/C=C\[C@@H]2C[C@@]2(C(=O)NS(=O)(=O)C2(C)CC2)CC(=O)[C@@H]2C[C@@H](Oc3nccc4c5c(ccc34)CCCO5)CN2C(=O)[C@H]1CC(=O)OC(C)(C)C(F)(F)F.CC[C@@H]1C[C@H](C)CC/C=C\[C@@H]2C[C@@]2(C(=O)NS(=O)(=O)C2(C)CC2)CC(=O)[C@@H]2C[C@@H](Oc3nccc4c5c(ccc34)CCCO5)CN2C(=O)[C@H]1CC(=O)OC(C)(C)C(F)(F)F. The van der Waals surface area contributed by atoms with E-state index >= 15 is 9.59 Å². The number of halogens is 6. The van der Waals surface area contributed by atoms with Crippen molar-refractivity contribution in [1.29, 1.82) is 0 Å². The monoisotopic (exact) mass is 1720 g/mol. The average Bonchev–Trinajstić information content (AvgIpc) is 1.56. The Morgan fingerprint density at radius 1 is 0.550 bits per heavy atom. The molecule has 24 nitrogen and oxygen atoms in total. The largest absolute Gasteiger partial charge is 0.493 e. The normalized spacial score (nSPS) is 30.1. The lowest BCUT2D eigenvalue weighted by atomic mass is 9.79. The first-order chi connectivity index (χ1) is 56.4. The van der Waals surface area contributed by atoms with Gasteiger partial charge in [-0.15, -0.1) is 0 Å². The molecule has 10 aliphatic rings. The quantitative estimate of drug-likeness (QED) is 0.0531. The number of amides is 4. The van der Waals surface area contributed by atoms with Crippen molar-refractivity contribution in [3.63, 3.8) is 0 Å². The van der Waals surface area contributed by atoms with Crippen LogP contribution in [0.4, 0.5) is 26.3 Å². The van der Waals surface area contributed by atoms with Gasteiger partial charge in [0.25, 0.3) is 0 Å². The molecule has 8 heterocycles. The number of carbonyl (C=O) groups excluding carboxylic acids is 8. The van der Waals surface area contributed by atoms with Gasteiger partial charge in [0.1, 0.15) is 23.7 Å². The second kappa shape index (κ2) is 34.0. The number of esters is 2. The standard InChI is InChI=1S/2C44H56F3N3O9S/c2*1-6-27-20-26(2)10-7-8-12-29-23-43(29,40(54)49-60(55,56)42(5)16-17-42)24-35(51)34-21-30(25-50(34)39(53)33(27)22-36(52)59-41(3,4)44(45,46)47)58-38-32-14-13-28-11-9-19-57-37(28)31(32)15-18-48-38/h2*8,12-15,18,26-27,29-30,33-34H,6-7,9-11,16-17,19-25H2,1-5H3,(H,49,54)/b2*12-8-/t26-,27+,29+,30+,33-,34-,43+;26-,27-,29-,30-,33+,34+,43-/m01/s1. The molecule has 2 aromatic carbocycles. The molecule has 0 radical (unpaired) electrons. The molecule has 4 saturated carbocycles. The third-order valence-corrected chi connectivity index (χ3v) is 31.6. The predicted molar refractivity (Wildman–Crippen MR) is 430 cm³/mol. The van der Waals surface area contributed by atoms with E-state index in [0.717, 1.165) is 86.8 Å². The van der Waals surface area contributed by atoms with Gasteiger partial charge >= 0.3 is 24.3 Å². The lowest BCUT2D eigenvalue weighted by molar-refractivity contribution is -0.257. The number of aryl methyl sites for hydroxylation is 2. The molecular formula is C88H112F6N6O18S2. The molecule has 2 aromatic heterocycles. The number of Topliss-reactive ketones (excluding diaryl/α,β-unsaturated/α-hetero) is 2. The van der Waals surface area contributed by atoms with Crippen molar-refractivity contribution in [3.8, 4) is 23.3 Å². The smallest absolute Gasteiger partial charge is 0.427 e. The van der Waals surface area contributed by atoms with Crippen LogP contribution < -0.4 is 28.4 Å². The first kappa shape index (κ1) is 89.3. The number of alkyl halides is 6. The maximum absolute atomic E-state index is 15.1. The van der Waals surface area contributed by atoms with Crippen LogP contribution in [0.25, 0.3) is 21.5 Å². The molecule has 0 bridgehead atoms. The fourth-order valence-electron chi connectivity index (χ4n) is 18.4. The van der Waals surface area contributed by atoms with Gasteiger partial charge in [0, 0.05) is 59.6 Å². The minimum Gasteiger partial charge on any atom is -0.493 e. The van der Waals surface area contributed by atoms with Crippen LogP contribution in [-0.4, -0.2) is 167 Å². The Hall–Kier alpha value is -8.42. The van der Waals surface area contributed by atoms with Gasteiger partial charge in [-0.1, -0.05) is 77.0 Å². The predicted octanol–water partition coefficient (Wildman–Crippen LogP) is 14.3. The Morgan fingerprint density at radius 2 is 0.925 bits per heavy atom. The summed E-state index contributed by atoms with van der Waals surface area (Å²) in [5.74, 6) is -8.04. The minimum absolute atomic E-state index is 0.00980. The Bertz CT molecular complexity index is 4650. The molecule has 0 spiro atoms. The number of ketones is 2. The van der Waals surface area contributed by atoms with Crippen molar-refractivity contribution in [1.82, 2.24) is 29.2 Å². The molecule has 32 heteroatoms. The zero-order chi connectivity index (χ0) is 86.8. The zero-order valence-electron chi connectivity index (χ0n) is 69.9. The Morgan fingerprint density at radius 3 is 1.27 bits per heavy atom. The first-order valence-electron chi connectivity index (χ1n) is 42.5.